The molecule has 0 amide bonds. The lowest BCUT2D eigenvalue weighted by Crippen LogP contribution is -2.04. The van der Waals surface area contributed by atoms with Crippen molar-refractivity contribution >= 4 is 0 Å². The van der Waals surface area contributed by atoms with E-state index in [9.17, 15) is 13.2 Å². The first-order valence-electron chi connectivity index (χ1n) is 6.42. The van der Waals surface area contributed by atoms with Gasteiger partial charge in [-0.05, 0) is 37.1 Å². The summed E-state index contributed by atoms with van der Waals surface area (Å²) in [5, 5.41) is 17.2. The van der Waals surface area contributed by atoms with Crippen LogP contribution >= 0.6 is 0 Å². The summed E-state index contributed by atoms with van der Waals surface area (Å²) >= 11 is 0. The van der Waals surface area contributed by atoms with Gasteiger partial charge in [0.2, 0.25) is 0 Å². The number of nitrogens with zero attached hydrogens (tertiary/aromatic N) is 2. The van der Waals surface area contributed by atoms with E-state index in [0.717, 1.165) is 25.0 Å². The summed E-state index contributed by atoms with van der Waals surface area (Å²) in [6.45, 7) is 0. The molecule has 0 saturated carbocycles. The van der Waals surface area contributed by atoms with Crippen LogP contribution in [0.3, 0.4) is 0 Å². The monoisotopic (exact) mass is 290 g/mol. The molecule has 0 fully saturated rings. The number of hydrogen-bond donors (Lipinski definition) is 0. The van der Waals surface area contributed by atoms with E-state index >= 15 is 0 Å². The summed E-state index contributed by atoms with van der Waals surface area (Å²) in [5.41, 5.74) is -0.151. The number of hydrogen-bond acceptors (Lipinski definition) is 2. The van der Waals surface area contributed by atoms with Crippen LogP contribution in [0.4, 0.5) is 13.2 Å². The van der Waals surface area contributed by atoms with Gasteiger partial charge in [-0.3, -0.25) is 0 Å². The molecule has 0 saturated heterocycles. The highest BCUT2D eigenvalue weighted by Gasteiger charge is 2.29. The third-order valence-electron chi connectivity index (χ3n) is 2.80. The van der Waals surface area contributed by atoms with E-state index in [4.69, 9.17) is 10.5 Å². The van der Waals surface area contributed by atoms with Gasteiger partial charge in [0.25, 0.3) is 0 Å². The van der Waals surface area contributed by atoms with E-state index in [1.165, 1.54) is 12.1 Å². The summed E-state index contributed by atoms with van der Waals surface area (Å²) in [4.78, 5) is 0. The number of benzene rings is 1. The first-order valence-corrected chi connectivity index (χ1v) is 6.42. The fourth-order valence-corrected chi connectivity index (χ4v) is 1.63. The van der Waals surface area contributed by atoms with Gasteiger partial charge in [0.15, 0.2) is 0 Å². The van der Waals surface area contributed by atoms with Gasteiger partial charge >= 0.3 is 6.18 Å². The fraction of sp³-hybridized carbons (Fsp3) is 0.375. The Bertz CT molecular complexity index is 578. The van der Waals surface area contributed by atoms with Crippen molar-refractivity contribution in [3.05, 3.63) is 35.4 Å². The lowest BCUT2D eigenvalue weighted by Gasteiger charge is -2.05. The second-order valence-corrected chi connectivity index (χ2v) is 4.43. The first-order chi connectivity index (χ1) is 9.97. The lowest BCUT2D eigenvalue weighted by atomic mass is 10.0. The Morgan fingerprint density at radius 3 is 2.14 bits per heavy atom. The molecular weight excluding hydrogens is 277 g/mol. The van der Waals surface area contributed by atoms with Gasteiger partial charge in [-0.2, -0.15) is 23.7 Å². The second kappa shape index (κ2) is 7.98. The zero-order chi connectivity index (χ0) is 15.7. The molecule has 2 nitrogen and oxygen atoms in total. The maximum absolute atomic E-state index is 12.4. The van der Waals surface area contributed by atoms with Gasteiger partial charge in [0.1, 0.15) is 5.92 Å². The molecule has 0 aromatic heterocycles. The number of unbranched alkanes of at least 4 members (excludes halogenated alkanes) is 2. The van der Waals surface area contributed by atoms with Crippen molar-refractivity contribution in [2.75, 3.05) is 0 Å². The van der Waals surface area contributed by atoms with Crippen LogP contribution in [0.1, 0.15) is 36.8 Å². The van der Waals surface area contributed by atoms with Crippen molar-refractivity contribution in [2.24, 2.45) is 5.92 Å². The third-order valence-corrected chi connectivity index (χ3v) is 2.80. The highest BCUT2D eigenvalue weighted by molar-refractivity contribution is 5.36. The largest absolute Gasteiger partial charge is 0.416 e. The molecule has 1 aromatic carbocycles. The van der Waals surface area contributed by atoms with E-state index in [-0.39, 0.29) is 0 Å². The lowest BCUT2D eigenvalue weighted by molar-refractivity contribution is -0.137. The second-order valence-electron chi connectivity index (χ2n) is 4.43. The van der Waals surface area contributed by atoms with Gasteiger partial charge in [-0.15, -0.1) is 0 Å². The van der Waals surface area contributed by atoms with Gasteiger partial charge in [0.05, 0.1) is 17.7 Å². The Kier molecular flexibility index (Phi) is 6.31. The minimum Gasteiger partial charge on any atom is -0.197 e. The Hall–Kier alpha value is -2.45. The molecule has 5 heteroatoms. The summed E-state index contributed by atoms with van der Waals surface area (Å²) < 4.78 is 37.1. The van der Waals surface area contributed by atoms with Crippen molar-refractivity contribution in [1.82, 2.24) is 0 Å². The summed E-state index contributed by atoms with van der Waals surface area (Å²) in [7, 11) is 0. The molecule has 0 spiro atoms. The normalized spacial score (nSPS) is 10.4. The topological polar surface area (TPSA) is 47.6 Å². The van der Waals surface area contributed by atoms with Crippen molar-refractivity contribution in [2.45, 2.75) is 31.9 Å². The van der Waals surface area contributed by atoms with Gasteiger partial charge < -0.3 is 0 Å². The highest BCUT2D eigenvalue weighted by Crippen LogP contribution is 2.28. The molecule has 0 radical (unpaired) electrons. The van der Waals surface area contributed by atoms with E-state index in [1.807, 2.05) is 12.1 Å². The van der Waals surface area contributed by atoms with Gasteiger partial charge in [-0.25, -0.2) is 0 Å². The fourth-order valence-electron chi connectivity index (χ4n) is 1.63. The summed E-state index contributed by atoms with van der Waals surface area (Å²) in [6, 6.07) is 8.50. The van der Waals surface area contributed by atoms with Gasteiger partial charge in [-0.1, -0.05) is 18.3 Å². The average Bonchev–Trinajstić information content (AvgIpc) is 2.46. The molecule has 0 N–H and O–H groups in total. The third kappa shape index (κ3) is 6.02. The Labute approximate surface area is 121 Å². The standard InChI is InChI=1S/C16H13F3N2/c17-16(18,19)15-9-7-13(8-10-15)5-3-1-2-4-6-14(11-20)12-21/h7-10,14H,1-2,4,6H2. The van der Waals surface area contributed by atoms with Gasteiger partial charge in [0, 0.05) is 12.0 Å². The number of halogens is 3. The zero-order valence-electron chi connectivity index (χ0n) is 11.2. The van der Waals surface area contributed by atoms with Crippen molar-refractivity contribution in [3.8, 4) is 24.0 Å². The zero-order valence-corrected chi connectivity index (χ0v) is 11.2. The molecule has 0 aliphatic rings. The predicted octanol–water partition coefficient (Wildman–Crippen LogP) is 4.28. The molecule has 0 unspecified atom stereocenters. The molecular formula is C16H13F3N2. The molecule has 21 heavy (non-hydrogen) atoms. The summed E-state index contributed by atoms with van der Waals surface area (Å²) in [6.07, 6.45) is -1.73. The van der Waals surface area contributed by atoms with Crippen LogP contribution in [0.5, 0.6) is 0 Å². The minimum absolute atomic E-state index is 0.523. The molecule has 108 valence electrons. The van der Waals surface area contributed by atoms with E-state index in [1.54, 1.807) is 0 Å². The van der Waals surface area contributed by atoms with E-state index < -0.39 is 17.7 Å². The SMILES string of the molecule is N#CC(C#N)CCCCC#Cc1ccc(C(F)(F)F)cc1. The highest BCUT2D eigenvalue weighted by atomic mass is 19.4. The molecule has 0 heterocycles. The number of nitriles is 2. The van der Waals surface area contributed by atoms with Crippen LogP contribution < -0.4 is 0 Å². The average molecular weight is 290 g/mol. The van der Waals surface area contributed by atoms with Crippen LogP contribution in [-0.4, -0.2) is 0 Å². The predicted molar refractivity (Wildman–Crippen MR) is 71.5 cm³/mol. The first kappa shape index (κ1) is 16.6. The number of alkyl halides is 3. The van der Waals surface area contributed by atoms with E-state index in [0.29, 0.717) is 18.4 Å². The van der Waals surface area contributed by atoms with Crippen molar-refractivity contribution in [1.29, 1.82) is 10.5 Å². The minimum atomic E-state index is -4.33. The maximum Gasteiger partial charge on any atom is 0.416 e. The van der Waals surface area contributed by atoms with Crippen LogP contribution in [0.2, 0.25) is 0 Å². The summed E-state index contributed by atoms with van der Waals surface area (Å²) in [5.74, 6) is 5.09. The Morgan fingerprint density at radius 1 is 1.00 bits per heavy atom. The van der Waals surface area contributed by atoms with Crippen molar-refractivity contribution < 1.29 is 13.2 Å². The molecule has 0 aliphatic heterocycles. The maximum atomic E-state index is 12.4. The van der Waals surface area contributed by atoms with Crippen LogP contribution in [0.15, 0.2) is 24.3 Å². The molecule has 0 bridgehead atoms. The molecule has 0 atom stereocenters. The Balaban J connectivity index is 2.39. The van der Waals surface area contributed by atoms with Crippen LogP contribution in [0, 0.1) is 40.4 Å². The quantitative estimate of drug-likeness (QED) is 0.613. The Morgan fingerprint density at radius 2 is 1.62 bits per heavy atom. The van der Waals surface area contributed by atoms with Crippen molar-refractivity contribution in [3.63, 3.8) is 0 Å². The molecule has 0 aliphatic carbocycles. The van der Waals surface area contributed by atoms with Crippen LogP contribution in [0.25, 0.3) is 0 Å². The molecule has 1 rings (SSSR count). The molecule has 1 aromatic rings. The number of rotatable bonds is 4. The van der Waals surface area contributed by atoms with E-state index in [2.05, 4.69) is 11.8 Å². The smallest absolute Gasteiger partial charge is 0.197 e. The van der Waals surface area contributed by atoms with Crippen LogP contribution in [-0.2, 0) is 6.18 Å².